The van der Waals surface area contributed by atoms with Crippen LogP contribution >= 0.6 is 0 Å². The van der Waals surface area contributed by atoms with E-state index in [4.69, 9.17) is 0 Å². The molecule has 4 rings (SSSR count). The molecule has 0 bridgehead atoms. The van der Waals surface area contributed by atoms with Crippen molar-refractivity contribution in [3.63, 3.8) is 0 Å². The minimum atomic E-state index is -4.61. The van der Waals surface area contributed by atoms with Gasteiger partial charge in [0.15, 0.2) is 5.69 Å². The Balaban J connectivity index is 1.77. The van der Waals surface area contributed by atoms with Crippen molar-refractivity contribution >= 4 is 0 Å². The third-order valence-electron chi connectivity index (χ3n) is 5.35. The normalized spacial score (nSPS) is 17.5. The summed E-state index contributed by atoms with van der Waals surface area (Å²) in [6.07, 6.45) is -3.88. The molecule has 1 aromatic heterocycles. The highest BCUT2D eigenvalue weighted by Gasteiger charge is 2.33. The van der Waals surface area contributed by atoms with Crippen molar-refractivity contribution in [3.05, 3.63) is 82.5 Å². The molecule has 3 aromatic rings. The van der Waals surface area contributed by atoms with E-state index in [9.17, 15) is 17.6 Å². The highest BCUT2D eigenvalue weighted by atomic mass is 19.4. The van der Waals surface area contributed by atoms with Crippen LogP contribution in [-0.4, -0.2) is 28.7 Å². The second-order valence-electron chi connectivity index (χ2n) is 7.46. The average molecular weight is 419 g/mol. The molecule has 0 saturated carbocycles. The first-order valence-electron chi connectivity index (χ1n) is 9.40. The van der Waals surface area contributed by atoms with E-state index < -0.39 is 17.7 Å². The van der Waals surface area contributed by atoms with Crippen molar-refractivity contribution in [2.24, 2.45) is 0 Å². The van der Waals surface area contributed by atoms with Gasteiger partial charge in [-0.3, -0.25) is 0 Å². The summed E-state index contributed by atoms with van der Waals surface area (Å²) in [7, 11) is 1.94. The molecule has 0 fully saturated rings. The van der Waals surface area contributed by atoms with Crippen LogP contribution in [0.25, 0.3) is 11.3 Å². The summed E-state index contributed by atoms with van der Waals surface area (Å²) in [5, 5.41) is 6.79. The number of benzene rings is 2. The molecule has 0 spiro atoms. The number of alkyl halides is 3. The number of aromatic nitrogens is 2. The molecule has 156 valence electrons. The maximum absolute atomic E-state index is 15.0. The van der Waals surface area contributed by atoms with Gasteiger partial charge in [-0.2, -0.15) is 13.2 Å². The fraction of sp³-hybridized carbons (Fsp3) is 0.273. The molecule has 30 heavy (non-hydrogen) atoms. The van der Waals surface area contributed by atoms with Gasteiger partial charge >= 0.3 is 6.18 Å². The fourth-order valence-electron chi connectivity index (χ4n) is 3.83. The lowest BCUT2D eigenvalue weighted by Gasteiger charge is -2.19. The van der Waals surface area contributed by atoms with E-state index in [1.54, 1.807) is 18.2 Å². The molecule has 1 aliphatic rings. The van der Waals surface area contributed by atoms with Gasteiger partial charge in [-0.1, -0.05) is 12.1 Å². The van der Waals surface area contributed by atoms with Gasteiger partial charge in [-0.25, -0.2) is 8.78 Å². The molecule has 1 atom stereocenters. The zero-order valence-corrected chi connectivity index (χ0v) is 16.0. The molecule has 3 nitrogen and oxygen atoms in total. The molecule has 2 heterocycles. The Hall–Kier alpha value is -2.87. The first kappa shape index (κ1) is 20.4. The number of halogens is 5. The smallest absolute Gasteiger partial charge is 0.302 e. The number of hydrogen-bond donors (Lipinski definition) is 0. The Morgan fingerprint density at radius 3 is 2.33 bits per heavy atom. The third kappa shape index (κ3) is 4.05. The second kappa shape index (κ2) is 7.75. The van der Waals surface area contributed by atoms with Crippen LogP contribution in [0.4, 0.5) is 22.0 Å². The van der Waals surface area contributed by atoms with E-state index in [0.717, 1.165) is 41.8 Å². The van der Waals surface area contributed by atoms with E-state index in [-0.39, 0.29) is 23.0 Å². The maximum Gasteiger partial charge on any atom is 0.435 e. The predicted molar refractivity (Wildman–Crippen MR) is 102 cm³/mol. The fourth-order valence-corrected chi connectivity index (χ4v) is 3.83. The topological polar surface area (TPSA) is 29.0 Å². The summed E-state index contributed by atoms with van der Waals surface area (Å²) >= 11 is 0. The van der Waals surface area contributed by atoms with E-state index >= 15 is 4.39 Å². The van der Waals surface area contributed by atoms with Crippen molar-refractivity contribution < 1.29 is 22.0 Å². The van der Waals surface area contributed by atoms with Crippen LogP contribution in [0.1, 0.15) is 34.7 Å². The molecule has 0 aliphatic carbocycles. The highest BCUT2D eigenvalue weighted by Crippen LogP contribution is 2.37. The van der Waals surface area contributed by atoms with E-state index in [0.29, 0.717) is 6.54 Å². The molecular formula is C22H18F5N3. The van der Waals surface area contributed by atoms with Crippen LogP contribution in [0.2, 0.25) is 0 Å². The van der Waals surface area contributed by atoms with Gasteiger partial charge in [-0.05, 0) is 73.1 Å². The highest BCUT2D eigenvalue weighted by molar-refractivity contribution is 5.62. The maximum atomic E-state index is 15.0. The molecule has 1 aliphatic heterocycles. The lowest BCUT2D eigenvalue weighted by atomic mass is 9.85. The largest absolute Gasteiger partial charge is 0.435 e. The monoisotopic (exact) mass is 419 g/mol. The Labute approximate surface area is 170 Å². The molecular weight excluding hydrogens is 401 g/mol. The minimum absolute atomic E-state index is 0.0357. The Morgan fingerprint density at radius 2 is 1.70 bits per heavy atom. The van der Waals surface area contributed by atoms with E-state index in [1.165, 1.54) is 18.2 Å². The van der Waals surface area contributed by atoms with Crippen LogP contribution in [-0.2, 0) is 12.7 Å². The van der Waals surface area contributed by atoms with E-state index in [2.05, 4.69) is 15.1 Å². The van der Waals surface area contributed by atoms with Gasteiger partial charge in [0.05, 0.1) is 5.69 Å². The molecule has 0 radical (unpaired) electrons. The molecule has 0 saturated heterocycles. The van der Waals surface area contributed by atoms with Gasteiger partial charge in [0.1, 0.15) is 11.6 Å². The van der Waals surface area contributed by atoms with Crippen molar-refractivity contribution in [3.8, 4) is 11.3 Å². The molecule has 0 amide bonds. The van der Waals surface area contributed by atoms with Gasteiger partial charge < -0.3 is 4.90 Å². The van der Waals surface area contributed by atoms with Gasteiger partial charge in [0.25, 0.3) is 0 Å². The van der Waals surface area contributed by atoms with Crippen LogP contribution in [0.15, 0.2) is 48.5 Å². The zero-order chi connectivity index (χ0) is 21.5. The summed E-state index contributed by atoms with van der Waals surface area (Å²) in [5.74, 6) is -1.04. The Morgan fingerprint density at radius 1 is 0.967 bits per heavy atom. The van der Waals surface area contributed by atoms with Crippen molar-refractivity contribution in [2.75, 3.05) is 13.6 Å². The first-order valence-corrected chi connectivity index (χ1v) is 9.40. The SMILES string of the molecule is CN1CCC(c2ccc(F)cc2)c2cc(F)c(-c3ccc(C(F)(F)F)nn3)cc2C1. The summed E-state index contributed by atoms with van der Waals surface area (Å²) in [4.78, 5) is 2.09. The number of nitrogens with zero attached hydrogens (tertiary/aromatic N) is 3. The van der Waals surface area contributed by atoms with Gasteiger partial charge in [0, 0.05) is 18.0 Å². The lowest BCUT2D eigenvalue weighted by molar-refractivity contribution is -0.141. The van der Waals surface area contributed by atoms with Crippen molar-refractivity contribution in [2.45, 2.75) is 25.1 Å². The van der Waals surface area contributed by atoms with Crippen molar-refractivity contribution in [1.82, 2.24) is 15.1 Å². The van der Waals surface area contributed by atoms with Crippen LogP contribution in [0, 0.1) is 11.6 Å². The van der Waals surface area contributed by atoms with Crippen LogP contribution in [0.3, 0.4) is 0 Å². The first-order chi connectivity index (χ1) is 14.2. The number of fused-ring (bicyclic) bond motifs is 1. The number of hydrogen-bond acceptors (Lipinski definition) is 3. The standard InChI is InChI=1S/C22H18F5N3/c1-30-9-8-16(13-2-4-15(23)5-3-13)17-11-19(24)18(10-14(17)12-30)20-6-7-21(29-28-20)22(25,26)27/h2-7,10-11,16H,8-9,12H2,1H3. The second-order valence-corrected chi connectivity index (χ2v) is 7.46. The summed E-state index contributed by atoms with van der Waals surface area (Å²) < 4.78 is 66.6. The van der Waals surface area contributed by atoms with Crippen molar-refractivity contribution in [1.29, 1.82) is 0 Å². The average Bonchev–Trinajstić information content (AvgIpc) is 2.86. The minimum Gasteiger partial charge on any atom is -0.302 e. The quantitative estimate of drug-likeness (QED) is 0.521. The third-order valence-corrected chi connectivity index (χ3v) is 5.35. The summed E-state index contributed by atoms with van der Waals surface area (Å²) in [6.45, 7) is 1.31. The molecule has 8 heteroatoms. The van der Waals surface area contributed by atoms with Gasteiger partial charge in [0.2, 0.25) is 0 Å². The Bertz CT molecular complexity index is 1050. The van der Waals surface area contributed by atoms with E-state index in [1.807, 2.05) is 7.05 Å². The lowest BCUT2D eigenvalue weighted by Crippen LogP contribution is -2.17. The predicted octanol–water partition coefficient (Wildman–Crippen LogP) is 5.41. The molecule has 1 unspecified atom stereocenters. The van der Waals surface area contributed by atoms with Crippen LogP contribution in [0.5, 0.6) is 0 Å². The Kier molecular flexibility index (Phi) is 5.27. The zero-order valence-electron chi connectivity index (χ0n) is 16.0. The molecule has 2 aromatic carbocycles. The van der Waals surface area contributed by atoms with Crippen LogP contribution < -0.4 is 0 Å². The summed E-state index contributed by atoms with van der Waals surface area (Å²) in [6, 6.07) is 11.1. The van der Waals surface area contributed by atoms with Gasteiger partial charge in [-0.15, -0.1) is 10.2 Å². The number of rotatable bonds is 2. The summed E-state index contributed by atoms with van der Waals surface area (Å²) in [5.41, 5.74) is 1.53. The molecule has 0 N–H and O–H groups in total.